The number of hydrogen-bond donors (Lipinski definition) is 1. The van der Waals surface area contributed by atoms with Gasteiger partial charge in [-0.25, -0.2) is 0 Å². The number of benzene rings is 2. The van der Waals surface area contributed by atoms with Crippen molar-refractivity contribution >= 4 is 24.0 Å². The van der Waals surface area contributed by atoms with Crippen molar-refractivity contribution in [3.63, 3.8) is 0 Å². The lowest BCUT2D eigenvalue weighted by molar-refractivity contribution is 0.0952. The average molecular weight is 402 g/mol. The molecule has 150 valence electrons. The maximum Gasteiger partial charge on any atom is 0.251 e. The number of anilines is 1. The molecule has 1 saturated heterocycles. The molecule has 28 heavy (non-hydrogen) atoms. The second-order valence-electron chi connectivity index (χ2n) is 7.26. The largest absolute Gasteiger partial charge is 0.489 e. The molecule has 1 fully saturated rings. The van der Waals surface area contributed by atoms with Crippen LogP contribution in [0.5, 0.6) is 5.75 Å². The number of rotatable bonds is 6. The number of piperazine rings is 1. The first-order valence-corrected chi connectivity index (χ1v) is 9.85. The van der Waals surface area contributed by atoms with Crippen LogP contribution in [0.15, 0.2) is 54.6 Å². The summed E-state index contributed by atoms with van der Waals surface area (Å²) in [7, 11) is 0. The van der Waals surface area contributed by atoms with Crippen LogP contribution < -0.4 is 15.0 Å². The number of unbranched alkanes of at least 4 members (excludes halogenated alkanes) is 1. The number of halogens is 1. The molecular formula is C22H28ClN3O2. The number of nitrogens with zero attached hydrogens (tertiary/aromatic N) is 2. The Morgan fingerprint density at radius 3 is 2.68 bits per heavy atom. The van der Waals surface area contributed by atoms with Gasteiger partial charge in [-0.2, -0.15) is 0 Å². The van der Waals surface area contributed by atoms with E-state index < -0.39 is 0 Å². The molecule has 5 nitrogen and oxygen atoms in total. The normalized spacial score (nSPS) is 18.3. The van der Waals surface area contributed by atoms with Crippen molar-refractivity contribution in [3.8, 4) is 5.75 Å². The standard InChI is InChI=1S/C22H27N3O2.ClH/c26-22(18-8-2-1-3-9-18)23-12-6-7-13-24-14-15-25-19(16-24)17-27-21-11-5-4-10-20(21)25;/h1-5,8-11,19H,6-7,12-17H2,(H,23,26);1H. The molecule has 1 unspecified atom stereocenters. The minimum atomic E-state index is 0. The van der Waals surface area contributed by atoms with Gasteiger partial charge in [0, 0.05) is 31.7 Å². The van der Waals surface area contributed by atoms with E-state index in [1.165, 1.54) is 5.69 Å². The molecule has 0 aromatic heterocycles. The maximum absolute atomic E-state index is 12.0. The number of fused-ring (bicyclic) bond motifs is 3. The van der Waals surface area contributed by atoms with Crippen LogP contribution in [0, 0.1) is 0 Å². The van der Waals surface area contributed by atoms with Crippen molar-refractivity contribution in [2.24, 2.45) is 0 Å². The fourth-order valence-electron chi connectivity index (χ4n) is 3.94. The molecule has 2 aliphatic rings. The number of ether oxygens (including phenoxy) is 1. The van der Waals surface area contributed by atoms with Crippen LogP contribution in [-0.4, -0.2) is 56.2 Å². The van der Waals surface area contributed by atoms with Crippen molar-refractivity contribution in [1.29, 1.82) is 0 Å². The van der Waals surface area contributed by atoms with Gasteiger partial charge in [-0.3, -0.25) is 9.69 Å². The summed E-state index contributed by atoms with van der Waals surface area (Å²) in [4.78, 5) is 17.0. The Bertz CT molecular complexity index is 771. The van der Waals surface area contributed by atoms with Crippen LogP contribution >= 0.6 is 12.4 Å². The highest BCUT2D eigenvalue weighted by atomic mass is 35.5. The predicted molar refractivity (Wildman–Crippen MR) is 115 cm³/mol. The quantitative estimate of drug-likeness (QED) is 0.755. The fourth-order valence-corrected chi connectivity index (χ4v) is 3.94. The topological polar surface area (TPSA) is 44.8 Å². The molecule has 1 N–H and O–H groups in total. The van der Waals surface area contributed by atoms with Crippen molar-refractivity contribution in [2.45, 2.75) is 18.9 Å². The number of amides is 1. The first kappa shape index (κ1) is 20.5. The zero-order chi connectivity index (χ0) is 18.5. The number of nitrogens with one attached hydrogen (secondary N) is 1. The maximum atomic E-state index is 12.0. The predicted octanol–water partition coefficient (Wildman–Crippen LogP) is 3.20. The van der Waals surface area contributed by atoms with Crippen LogP contribution in [0.3, 0.4) is 0 Å². The summed E-state index contributed by atoms with van der Waals surface area (Å²) in [6, 6.07) is 18.2. The van der Waals surface area contributed by atoms with Gasteiger partial charge in [0.15, 0.2) is 0 Å². The number of hydrogen-bond acceptors (Lipinski definition) is 4. The molecule has 2 aromatic rings. The highest BCUT2D eigenvalue weighted by Crippen LogP contribution is 2.34. The first-order valence-electron chi connectivity index (χ1n) is 9.85. The molecule has 0 saturated carbocycles. The van der Waals surface area contributed by atoms with Crippen molar-refractivity contribution in [2.75, 3.05) is 44.2 Å². The van der Waals surface area contributed by atoms with E-state index in [-0.39, 0.29) is 18.3 Å². The Kier molecular flexibility index (Phi) is 7.18. The Hall–Kier alpha value is -2.24. The summed E-state index contributed by atoms with van der Waals surface area (Å²) in [5.41, 5.74) is 1.96. The second kappa shape index (κ2) is 9.80. The van der Waals surface area contributed by atoms with E-state index >= 15 is 0 Å². The summed E-state index contributed by atoms with van der Waals surface area (Å²) < 4.78 is 5.94. The summed E-state index contributed by atoms with van der Waals surface area (Å²) in [5, 5.41) is 3.01. The molecule has 1 atom stereocenters. The van der Waals surface area contributed by atoms with E-state index in [2.05, 4.69) is 33.3 Å². The Balaban J connectivity index is 0.00000225. The van der Waals surface area contributed by atoms with Gasteiger partial charge in [0.05, 0.1) is 11.7 Å². The van der Waals surface area contributed by atoms with Gasteiger partial charge in [-0.1, -0.05) is 30.3 Å². The summed E-state index contributed by atoms with van der Waals surface area (Å²) >= 11 is 0. The van der Waals surface area contributed by atoms with Gasteiger partial charge in [0.1, 0.15) is 12.4 Å². The molecular weight excluding hydrogens is 374 g/mol. The van der Waals surface area contributed by atoms with Crippen LogP contribution in [-0.2, 0) is 0 Å². The first-order chi connectivity index (χ1) is 13.3. The Labute approximate surface area is 173 Å². The number of carbonyl (C=O) groups excluding carboxylic acids is 1. The molecule has 1 amide bonds. The van der Waals surface area contributed by atoms with E-state index in [1.807, 2.05) is 36.4 Å². The van der Waals surface area contributed by atoms with E-state index in [0.29, 0.717) is 6.04 Å². The van der Waals surface area contributed by atoms with Gasteiger partial charge in [-0.15, -0.1) is 12.4 Å². The van der Waals surface area contributed by atoms with Crippen LogP contribution in [0.2, 0.25) is 0 Å². The van der Waals surface area contributed by atoms with E-state index in [1.54, 1.807) is 0 Å². The molecule has 2 aromatic carbocycles. The van der Waals surface area contributed by atoms with E-state index in [4.69, 9.17) is 4.74 Å². The third-order valence-electron chi connectivity index (χ3n) is 5.40. The molecule has 6 heteroatoms. The minimum Gasteiger partial charge on any atom is -0.489 e. The van der Waals surface area contributed by atoms with E-state index in [0.717, 1.165) is 63.5 Å². The van der Waals surface area contributed by atoms with Crippen molar-refractivity contribution in [3.05, 3.63) is 60.2 Å². The Morgan fingerprint density at radius 2 is 1.82 bits per heavy atom. The lowest BCUT2D eigenvalue weighted by Crippen LogP contribution is -2.57. The number of carbonyl (C=O) groups is 1. The third kappa shape index (κ3) is 4.78. The molecule has 0 spiro atoms. The molecule has 0 radical (unpaired) electrons. The average Bonchev–Trinajstić information content (AvgIpc) is 2.73. The van der Waals surface area contributed by atoms with Crippen molar-refractivity contribution < 1.29 is 9.53 Å². The van der Waals surface area contributed by atoms with Crippen LogP contribution in [0.1, 0.15) is 23.2 Å². The van der Waals surface area contributed by atoms with Gasteiger partial charge in [-0.05, 0) is 43.7 Å². The second-order valence-corrected chi connectivity index (χ2v) is 7.26. The van der Waals surface area contributed by atoms with Crippen molar-refractivity contribution in [1.82, 2.24) is 10.2 Å². The zero-order valence-electron chi connectivity index (χ0n) is 16.0. The minimum absolute atomic E-state index is 0. The molecule has 0 bridgehead atoms. The zero-order valence-corrected chi connectivity index (χ0v) is 16.9. The highest BCUT2D eigenvalue weighted by molar-refractivity contribution is 5.94. The van der Waals surface area contributed by atoms with Gasteiger partial charge in [0.25, 0.3) is 5.91 Å². The molecule has 4 rings (SSSR count). The van der Waals surface area contributed by atoms with Gasteiger partial charge < -0.3 is 15.0 Å². The third-order valence-corrected chi connectivity index (χ3v) is 5.40. The number of para-hydroxylation sites is 2. The monoisotopic (exact) mass is 401 g/mol. The summed E-state index contributed by atoms with van der Waals surface area (Å²) in [6.45, 7) is 5.75. The van der Waals surface area contributed by atoms with Gasteiger partial charge >= 0.3 is 0 Å². The molecule has 2 heterocycles. The summed E-state index contributed by atoms with van der Waals surface area (Å²) in [5.74, 6) is 1.03. The SMILES string of the molecule is Cl.O=C(NCCCCN1CCN2c3ccccc3OCC2C1)c1ccccc1. The lowest BCUT2D eigenvalue weighted by Gasteiger charge is -2.45. The lowest BCUT2D eigenvalue weighted by atomic mass is 10.1. The van der Waals surface area contributed by atoms with E-state index in [9.17, 15) is 4.79 Å². The highest BCUT2D eigenvalue weighted by Gasteiger charge is 2.32. The summed E-state index contributed by atoms with van der Waals surface area (Å²) in [6.07, 6.45) is 2.10. The van der Waals surface area contributed by atoms with Crippen LogP contribution in [0.25, 0.3) is 0 Å². The van der Waals surface area contributed by atoms with Gasteiger partial charge in [0.2, 0.25) is 0 Å². The van der Waals surface area contributed by atoms with Crippen LogP contribution in [0.4, 0.5) is 5.69 Å². The molecule has 2 aliphatic heterocycles. The molecule has 0 aliphatic carbocycles. The Morgan fingerprint density at radius 1 is 1.04 bits per heavy atom. The fraction of sp³-hybridized carbons (Fsp3) is 0.409. The smallest absolute Gasteiger partial charge is 0.251 e.